The van der Waals surface area contributed by atoms with Crippen LogP contribution in [0.4, 0.5) is 11.4 Å². The van der Waals surface area contributed by atoms with Gasteiger partial charge in [-0.2, -0.15) is 0 Å². The Bertz CT molecular complexity index is 1480. The summed E-state index contributed by atoms with van der Waals surface area (Å²) in [6.07, 6.45) is 1.97. The van der Waals surface area contributed by atoms with E-state index in [1.54, 1.807) is 0 Å². The third-order valence-electron chi connectivity index (χ3n) is 5.13. The molecule has 13 heteroatoms. The molecule has 176 valence electrons. The topological polar surface area (TPSA) is 122 Å². The number of hydrogen-bond acceptors (Lipinski definition) is 8. The van der Waals surface area contributed by atoms with Gasteiger partial charge >= 0.3 is 0 Å². The van der Waals surface area contributed by atoms with Crippen LogP contribution in [-0.2, 0) is 16.0 Å². The van der Waals surface area contributed by atoms with Crippen LogP contribution in [0, 0.1) is 10.1 Å². The summed E-state index contributed by atoms with van der Waals surface area (Å²) in [5, 5.41) is 17.2. The van der Waals surface area contributed by atoms with E-state index < -0.39 is 4.92 Å². The maximum Gasteiger partial charge on any atom is 0.269 e. The lowest BCUT2D eigenvalue weighted by Gasteiger charge is -2.15. The molecule has 5 rings (SSSR count). The lowest BCUT2D eigenvalue weighted by Crippen LogP contribution is -2.31. The highest BCUT2D eigenvalue weighted by atomic mass is 79.9. The van der Waals surface area contributed by atoms with E-state index >= 15 is 0 Å². The summed E-state index contributed by atoms with van der Waals surface area (Å²) < 4.78 is 2.86. The van der Waals surface area contributed by atoms with E-state index in [1.807, 2.05) is 40.2 Å². The molecule has 2 aromatic heterocycles. The second-order valence-electron chi connectivity index (χ2n) is 7.41. The van der Waals surface area contributed by atoms with Crippen molar-refractivity contribution in [2.45, 2.75) is 6.42 Å². The third-order valence-corrected chi connectivity index (χ3v) is 7.47. The van der Waals surface area contributed by atoms with Gasteiger partial charge < -0.3 is 0 Å². The van der Waals surface area contributed by atoms with Crippen molar-refractivity contribution in [2.75, 3.05) is 10.7 Å². The van der Waals surface area contributed by atoms with Gasteiger partial charge in [0.05, 0.1) is 28.5 Å². The highest BCUT2D eigenvalue weighted by Crippen LogP contribution is 2.28. The predicted molar refractivity (Wildman–Crippen MR) is 139 cm³/mol. The Hall–Kier alpha value is -3.55. The van der Waals surface area contributed by atoms with Crippen molar-refractivity contribution >= 4 is 72.3 Å². The zero-order chi connectivity index (χ0) is 24.5. The van der Waals surface area contributed by atoms with Crippen LogP contribution >= 0.6 is 39.0 Å². The van der Waals surface area contributed by atoms with E-state index in [0.29, 0.717) is 10.9 Å². The molecule has 0 bridgehead atoms. The maximum atomic E-state index is 12.6. The Labute approximate surface area is 214 Å². The second-order valence-corrected chi connectivity index (χ2v) is 10.1. The number of nitro groups is 1. The number of anilines is 1. The number of rotatable bonds is 6. The van der Waals surface area contributed by atoms with Gasteiger partial charge in [0, 0.05) is 39.4 Å². The van der Waals surface area contributed by atoms with Gasteiger partial charge in [0.2, 0.25) is 11.8 Å². The largest absolute Gasteiger partial charge is 0.294 e. The van der Waals surface area contributed by atoms with Crippen LogP contribution in [0.2, 0.25) is 0 Å². The molecule has 4 aromatic rings. The second kappa shape index (κ2) is 9.60. The molecule has 1 saturated heterocycles. The molecule has 0 spiro atoms. The number of hydrazone groups is 1. The number of nitro benzene ring substituents is 1. The van der Waals surface area contributed by atoms with Crippen LogP contribution in [0.25, 0.3) is 16.2 Å². The number of carbonyl (C=O) groups is 2. The lowest BCUT2D eigenvalue weighted by atomic mass is 10.2. The van der Waals surface area contributed by atoms with Gasteiger partial charge in [-0.15, -0.1) is 16.4 Å². The van der Waals surface area contributed by atoms with Gasteiger partial charge in [-0.3, -0.25) is 29.0 Å². The fourth-order valence-corrected chi connectivity index (χ4v) is 5.42. The number of thioether (sulfide) groups is 1. The average Bonchev–Trinajstić information content (AvgIpc) is 3.54. The minimum Gasteiger partial charge on any atom is -0.294 e. The van der Waals surface area contributed by atoms with Crippen LogP contribution in [0.1, 0.15) is 5.69 Å². The highest BCUT2D eigenvalue weighted by molar-refractivity contribution is 9.10. The number of benzene rings is 2. The molecule has 10 nitrogen and oxygen atoms in total. The number of amides is 2. The molecule has 0 unspecified atom stereocenters. The molecule has 3 heterocycles. The number of nitrogens with one attached hydrogen (secondary N) is 1. The Kier molecular flexibility index (Phi) is 6.36. The first-order chi connectivity index (χ1) is 16.9. The number of thiazole rings is 1. The zero-order valence-electron chi connectivity index (χ0n) is 17.8. The number of aromatic nitrogens is 2. The molecule has 1 aliphatic rings. The zero-order valence-corrected chi connectivity index (χ0v) is 21.0. The van der Waals surface area contributed by atoms with Crippen molar-refractivity contribution in [3.8, 4) is 11.3 Å². The SMILES string of the molecule is O=C(Cc1csc2nc(-c3ccc(Br)cc3)cn12)NN=C1SCC(=O)N1c1ccc([N+](=O)[O-])cc1. The van der Waals surface area contributed by atoms with Gasteiger partial charge in [0.1, 0.15) is 0 Å². The average molecular weight is 571 g/mol. The minimum atomic E-state index is -0.511. The van der Waals surface area contributed by atoms with E-state index in [1.165, 1.54) is 52.3 Å². The monoisotopic (exact) mass is 570 g/mol. The van der Waals surface area contributed by atoms with Crippen LogP contribution in [0.5, 0.6) is 0 Å². The first-order valence-electron chi connectivity index (χ1n) is 10.2. The van der Waals surface area contributed by atoms with Crippen molar-refractivity contribution in [3.05, 3.63) is 80.4 Å². The Morgan fingerprint density at radius 2 is 1.94 bits per heavy atom. The summed E-state index contributed by atoms with van der Waals surface area (Å²) in [7, 11) is 0. The van der Waals surface area contributed by atoms with E-state index in [0.717, 1.165) is 26.4 Å². The number of amidine groups is 1. The summed E-state index contributed by atoms with van der Waals surface area (Å²) in [6.45, 7) is 0. The summed E-state index contributed by atoms with van der Waals surface area (Å²) in [4.78, 5) is 42.1. The van der Waals surface area contributed by atoms with Gasteiger partial charge in [-0.25, -0.2) is 10.4 Å². The third kappa shape index (κ3) is 4.83. The Balaban J connectivity index is 1.30. The fourth-order valence-electron chi connectivity index (χ4n) is 3.45. The van der Waals surface area contributed by atoms with Crippen molar-refractivity contribution in [3.63, 3.8) is 0 Å². The molecule has 35 heavy (non-hydrogen) atoms. The smallest absolute Gasteiger partial charge is 0.269 e. The van der Waals surface area contributed by atoms with Crippen LogP contribution < -0.4 is 10.3 Å². The molecule has 0 atom stereocenters. The van der Waals surface area contributed by atoms with Crippen molar-refractivity contribution < 1.29 is 14.5 Å². The summed E-state index contributed by atoms with van der Waals surface area (Å²) >= 11 is 6.05. The highest BCUT2D eigenvalue weighted by Gasteiger charge is 2.30. The standard InChI is InChI=1S/C22H15BrN6O4S2/c23-14-3-1-13(2-4-14)18-10-27-17(11-34-21(27)24-18)9-19(30)25-26-22-28(20(31)12-35-22)15-5-7-16(8-6-15)29(32)33/h1-8,10-11H,9,12H2,(H,25,30). The normalized spacial score (nSPS) is 14.7. The molecule has 1 fully saturated rings. The summed E-state index contributed by atoms with van der Waals surface area (Å²) in [5.74, 6) is -0.417. The molecular formula is C22H15BrN6O4S2. The van der Waals surface area contributed by atoms with E-state index in [-0.39, 0.29) is 29.7 Å². The Morgan fingerprint density at radius 1 is 1.20 bits per heavy atom. The van der Waals surface area contributed by atoms with E-state index in [9.17, 15) is 19.7 Å². The molecule has 2 aromatic carbocycles. The van der Waals surface area contributed by atoms with Gasteiger partial charge in [0.15, 0.2) is 10.1 Å². The van der Waals surface area contributed by atoms with E-state index in [2.05, 4.69) is 31.4 Å². The van der Waals surface area contributed by atoms with Crippen LogP contribution in [0.3, 0.4) is 0 Å². The molecule has 0 saturated carbocycles. The number of hydrogen-bond donors (Lipinski definition) is 1. The van der Waals surface area contributed by atoms with Gasteiger partial charge in [-0.05, 0) is 24.3 Å². The molecule has 0 radical (unpaired) electrons. The first-order valence-corrected chi connectivity index (χ1v) is 12.8. The fraction of sp³-hybridized carbons (Fsp3) is 0.0909. The number of imidazole rings is 1. The first kappa shape index (κ1) is 23.2. The lowest BCUT2D eigenvalue weighted by molar-refractivity contribution is -0.384. The van der Waals surface area contributed by atoms with Crippen LogP contribution in [0.15, 0.2) is 69.7 Å². The number of halogens is 1. The number of nitrogens with zero attached hydrogens (tertiary/aromatic N) is 5. The van der Waals surface area contributed by atoms with Gasteiger partial charge in [0.25, 0.3) is 5.69 Å². The molecular weight excluding hydrogens is 556 g/mol. The Morgan fingerprint density at radius 3 is 2.66 bits per heavy atom. The minimum absolute atomic E-state index is 0.0725. The summed E-state index contributed by atoms with van der Waals surface area (Å²) in [5.41, 5.74) is 5.42. The van der Waals surface area contributed by atoms with Crippen molar-refractivity contribution in [2.24, 2.45) is 5.10 Å². The number of carbonyl (C=O) groups excluding carboxylic acids is 2. The van der Waals surface area contributed by atoms with Crippen molar-refractivity contribution in [1.82, 2.24) is 14.8 Å². The molecule has 1 aliphatic heterocycles. The summed E-state index contributed by atoms with van der Waals surface area (Å²) in [6, 6.07) is 13.4. The van der Waals surface area contributed by atoms with Crippen LogP contribution in [-0.4, -0.2) is 37.0 Å². The number of fused-ring (bicyclic) bond motifs is 1. The van der Waals surface area contributed by atoms with Gasteiger partial charge in [-0.1, -0.05) is 39.8 Å². The number of non-ortho nitro benzene ring substituents is 1. The molecule has 1 N–H and O–H groups in total. The quantitative estimate of drug-likeness (QED) is 0.270. The maximum absolute atomic E-state index is 12.6. The predicted octanol–water partition coefficient (Wildman–Crippen LogP) is 4.44. The molecule has 2 amide bonds. The molecule has 0 aliphatic carbocycles. The van der Waals surface area contributed by atoms with E-state index in [4.69, 9.17) is 0 Å². The van der Waals surface area contributed by atoms with Crippen molar-refractivity contribution in [1.29, 1.82) is 0 Å².